The second-order valence-corrected chi connectivity index (χ2v) is 3.64. The van der Waals surface area contributed by atoms with Crippen molar-refractivity contribution in [1.29, 1.82) is 0 Å². The van der Waals surface area contributed by atoms with Gasteiger partial charge in [-0.15, -0.1) is 0 Å². The molecule has 1 aliphatic rings. The van der Waals surface area contributed by atoms with Gasteiger partial charge in [0, 0.05) is 12.6 Å². The Morgan fingerprint density at radius 3 is 2.92 bits per heavy atom. The Morgan fingerprint density at radius 2 is 2.42 bits per heavy atom. The Bertz CT molecular complexity index is 130. The molecule has 0 aliphatic carbocycles. The number of aliphatic hydroxyl groups is 1. The monoisotopic (exact) mass is 173 g/mol. The molecule has 0 saturated carbocycles. The second-order valence-electron chi connectivity index (χ2n) is 3.64. The van der Waals surface area contributed by atoms with Gasteiger partial charge in [-0.3, -0.25) is 0 Å². The Balaban J connectivity index is 2.34. The summed E-state index contributed by atoms with van der Waals surface area (Å²) in [6.45, 7) is 5.90. The van der Waals surface area contributed by atoms with Crippen molar-refractivity contribution < 1.29 is 9.84 Å². The maximum Gasteiger partial charge on any atom is 0.100 e. The van der Waals surface area contributed by atoms with Crippen LogP contribution in [0.1, 0.15) is 26.7 Å². The first-order valence-electron chi connectivity index (χ1n) is 4.70. The van der Waals surface area contributed by atoms with E-state index in [-0.39, 0.29) is 6.04 Å². The van der Waals surface area contributed by atoms with E-state index in [2.05, 4.69) is 5.32 Å². The summed E-state index contributed by atoms with van der Waals surface area (Å²) >= 11 is 0. The molecule has 0 aromatic heterocycles. The van der Waals surface area contributed by atoms with Gasteiger partial charge in [0.25, 0.3) is 0 Å². The zero-order valence-corrected chi connectivity index (χ0v) is 7.97. The highest BCUT2D eigenvalue weighted by atomic mass is 16.5. The highest BCUT2D eigenvalue weighted by Crippen LogP contribution is 2.19. The van der Waals surface area contributed by atoms with Gasteiger partial charge in [-0.2, -0.15) is 0 Å². The summed E-state index contributed by atoms with van der Waals surface area (Å²) in [5.41, 5.74) is -0.702. The van der Waals surface area contributed by atoms with Crippen molar-refractivity contribution in [2.75, 3.05) is 19.8 Å². The molecule has 2 atom stereocenters. The number of hydrogen-bond acceptors (Lipinski definition) is 3. The average Bonchev–Trinajstić information content (AvgIpc) is 2.53. The molecule has 72 valence electrons. The van der Waals surface area contributed by atoms with Crippen LogP contribution in [0.15, 0.2) is 0 Å². The summed E-state index contributed by atoms with van der Waals surface area (Å²) in [6.07, 6.45) is 2.22. The quantitative estimate of drug-likeness (QED) is 0.651. The van der Waals surface area contributed by atoms with Gasteiger partial charge >= 0.3 is 0 Å². The van der Waals surface area contributed by atoms with Crippen LogP contribution in [-0.2, 0) is 4.74 Å². The topological polar surface area (TPSA) is 41.5 Å². The van der Waals surface area contributed by atoms with E-state index >= 15 is 0 Å². The summed E-state index contributed by atoms with van der Waals surface area (Å²) < 4.78 is 5.22. The van der Waals surface area contributed by atoms with Crippen LogP contribution in [0.4, 0.5) is 0 Å². The minimum absolute atomic E-state index is 0.212. The lowest BCUT2D eigenvalue weighted by Gasteiger charge is -2.29. The molecule has 1 rings (SSSR count). The maximum absolute atomic E-state index is 9.96. The zero-order valence-electron chi connectivity index (χ0n) is 7.97. The van der Waals surface area contributed by atoms with Crippen molar-refractivity contribution in [1.82, 2.24) is 5.32 Å². The molecule has 1 saturated heterocycles. The standard InChI is InChI=1S/C9H19NO2/c1-3-12-7-9(2,11)8-5-4-6-10-8/h8,10-11H,3-7H2,1-2H3. The third kappa shape index (κ3) is 2.44. The Hall–Kier alpha value is -0.120. The van der Waals surface area contributed by atoms with Gasteiger partial charge in [-0.05, 0) is 33.2 Å². The molecule has 0 bridgehead atoms. The molecule has 2 N–H and O–H groups in total. The number of nitrogens with one attached hydrogen (secondary N) is 1. The van der Waals surface area contributed by atoms with Crippen LogP contribution in [0, 0.1) is 0 Å². The average molecular weight is 173 g/mol. The molecular weight excluding hydrogens is 154 g/mol. The summed E-state index contributed by atoms with van der Waals surface area (Å²) in [5, 5.41) is 13.2. The van der Waals surface area contributed by atoms with E-state index in [1.807, 2.05) is 13.8 Å². The van der Waals surface area contributed by atoms with Crippen molar-refractivity contribution >= 4 is 0 Å². The van der Waals surface area contributed by atoms with Crippen LogP contribution in [-0.4, -0.2) is 36.5 Å². The van der Waals surface area contributed by atoms with E-state index < -0.39 is 5.60 Å². The molecule has 1 heterocycles. The predicted molar refractivity (Wildman–Crippen MR) is 48.1 cm³/mol. The fourth-order valence-corrected chi connectivity index (χ4v) is 1.62. The van der Waals surface area contributed by atoms with Crippen LogP contribution in [0.2, 0.25) is 0 Å². The lowest BCUT2D eigenvalue weighted by Crippen LogP contribution is -2.48. The van der Waals surface area contributed by atoms with E-state index in [1.165, 1.54) is 0 Å². The zero-order chi connectivity index (χ0) is 9.03. The normalized spacial score (nSPS) is 28.8. The van der Waals surface area contributed by atoms with Gasteiger partial charge < -0.3 is 15.2 Å². The van der Waals surface area contributed by atoms with E-state index in [4.69, 9.17) is 4.74 Å². The minimum atomic E-state index is -0.702. The van der Waals surface area contributed by atoms with Gasteiger partial charge in [0.1, 0.15) is 5.60 Å². The van der Waals surface area contributed by atoms with Crippen molar-refractivity contribution in [3.8, 4) is 0 Å². The molecule has 0 radical (unpaired) electrons. The lowest BCUT2D eigenvalue weighted by molar-refractivity contribution is -0.0509. The first kappa shape index (κ1) is 9.96. The van der Waals surface area contributed by atoms with E-state index in [0.29, 0.717) is 13.2 Å². The molecule has 0 aromatic carbocycles. The summed E-state index contributed by atoms with van der Waals surface area (Å²) in [7, 11) is 0. The Kier molecular flexibility index (Phi) is 3.50. The van der Waals surface area contributed by atoms with E-state index in [0.717, 1.165) is 19.4 Å². The van der Waals surface area contributed by atoms with Crippen molar-refractivity contribution in [3.63, 3.8) is 0 Å². The van der Waals surface area contributed by atoms with Gasteiger partial charge in [0.05, 0.1) is 6.61 Å². The second kappa shape index (κ2) is 4.21. The molecule has 1 fully saturated rings. The highest BCUT2D eigenvalue weighted by Gasteiger charge is 2.33. The molecule has 3 nitrogen and oxygen atoms in total. The van der Waals surface area contributed by atoms with Crippen LogP contribution in [0.5, 0.6) is 0 Å². The largest absolute Gasteiger partial charge is 0.386 e. The molecule has 0 spiro atoms. The van der Waals surface area contributed by atoms with Crippen molar-refractivity contribution in [2.45, 2.75) is 38.3 Å². The van der Waals surface area contributed by atoms with E-state index in [1.54, 1.807) is 0 Å². The first-order chi connectivity index (χ1) is 5.67. The van der Waals surface area contributed by atoms with Gasteiger partial charge in [0.15, 0.2) is 0 Å². The summed E-state index contributed by atoms with van der Waals surface area (Å²) in [4.78, 5) is 0. The molecule has 2 unspecified atom stereocenters. The van der Waals surface area contributed by atoms with Crippen LogP contribution in [0.3, 0.4) is 0 Å². The number of ether oxygens (including phenoxy) is 1. The minimum Gasteiger partial charge on any atom is -0.386 e. The van der Waals surface area contributed by atoms with Crippen molar-refractivity contribution in [3.05, 3.63) is 0 Å². The number of hydrogen-bond donors (Lipinski definition) is 2. The highest BCUT2D eigenvalue weighted by molar-refractivity contribution is 4.91. The lowest BCUT2D eigenvalue weighted by atomic mass is 9.96. The van der Waals surface area contributed by atoms with Crippen LogP contribution >= 0.6 is 0 Å². The third-order valence-corrected chi connectivity index (χ3v) is 2.41. The summed E-state index contributed by atoms with van der Waals surface area (Å²) in [5.74, 6) is 0. The van der Waals surface area contributed by atoms with Gasteiger partial charge in [0.2, 0.25) is 0 Å². The molecule has 1 aliphatic heterocycles. The Morgan fingerprint density at radius 1 is 1.67 bits per heavy atom. The fraction of sp³-hybridized carbons (Fsp3) is 1.00. The first-order valence-corrected chi connectivity index (χ1v) is 4.70. The third-order valence-electron chi connectivity index (χ3n) is 2.41. The predicted octanol–water partition coefficient (Wildman–Crippen LogP) is 0.526. The van der Waals surface area contributed by atoms with E-state index in [9.17, 15) is 5.11 Å². The molecule has 12 heavy (non-hydrogen) atoms. The fourth-order valence-electron chi connectivity index (χ4n) is 1.62. The molecule has 0 amide bonds. The van der Waals surface area contributed by atoms with Crippen LogP contribution < -0.4 is 5.32 Å². The maximum atomic E-state index is 9.96. The smallest absolute Gasteiger partial charge is 0.100 e. The van der Waals surface area contributed by atoms with Crippen molar-refractivity contribution in [2.24, 2.45) is 0 Å². The summed E-state index contributed by atoms with van der Waals surface area (Å²) in [6, 6.07) is 0.212. The number of rotatable bonds is 4. The van der Waals surface area contributed by atoms with Gasteiger partial charge in [-0.1, -0.05) is 0 Å². The molecular formula is C9H19NO2. The Labute approximate surface area is 74.1 Å². The molecule has 3 heteroatoms. The van der Waals surface area contributed by atoms with Crippen LogP contribution in [0.25, 0.3) is 0 Å². The SMILES string of the molecule is CCOCC(C)(O)C1CCCN1. The molecule has 0 aromatic rings. The van der Waals surface area contributed by atoms with Gasteiger partial charge in [-0.25, -0.2) is 0 Å².